The topological polar surface area (TPSA) is 137 Å². The van der Waals surface area contributed by atoms with Gasteiger partial charge in [-0.3, -0.25) is 9.78 Å². The number of benzene rings is 1. The molecule has 2 aromatic heterocycles. The van der Waals surface area contributed by atoms with E-state index < -0.39 is 5.91 Å². The second-order valence-corrected chi connectivity index (χ2v) is 10.5. The standard InChI is InChI=1S/C23H23Cl2N7OS/c24-13-4-1-5-15(16(13)25)34-22-19(27)31-21(17(30-22)20(28)33)32-9-6-23(7-10-32)11-14-12(18(23)26)3-2-8-29-14/h1-5,8,18H,6-7,9-11,26H2,(H2,27,31)(H2,28,33)/t18-/m1/s1. The molecule has 1 atom stereocenters. The molecule has 1 aliphatic carbocycles. The van der Waals surface area contributed by atoms with E-state index in [1.165, 1.54) is 11.8 Å². The van der Waals surface area contributed by atoms with E-state index in [2.05, 4.69) is 21.0 Å². The Balaban J connectivity index is 1.40. The van der Waals surface area contributed by atoms with Gasteiger partial charge in [0.05, 0.1) is 10.0 Å². The Bertz CT molecular complexity index is 1280. The van der Waals surface area contributed by atoms with Crippen LogP contribution in [0.5, 0.6) is 0 Å². The third-order valence-electron chi connectivity index (χ3n) is 6.73. The fraction of sp³-hybridized carbons (Fsp3) is 0.304. The number of anilines is 2. The summed E-state index contributed by atoms with van der Waals surface area (Å²) in [6.07, 6.45) is 4.33. The lowest BCUT2D eigenvalue weighted by molar-refractivity contribution is 0.0995. The molecule has 3 heterocycles. The molecular weight excluding hydrogens is 493 g/mol. The monoisotopic (exact) mass is 515 g/mol. The number of nitrogen functional groups attached to an aromatic ring is 1. The van der Waals surface area contributed by atoms with Gasteiger partial charge >= 0.3 is 0 Å². The van der Waals surface area contributed by atoms with Crippen LogP contribution in [-0.2, 0) is 6.42 Å². The number of primary amides is 1. The van der Waals surface area contributed by atoms with Gasteiger partial charge in [-0.25, -0.2) is 9.97 Å². The summed E-state index contributed by atoms with van der Waals surface area (Å²) in [6, 6.07) is 9.18. The Hall–Kier alpha value is -2.59. The largest absolute Gasteiger partial charge is 0.381 e. The molecule has 2 aliphatic rings. The van der Waals surface area contributed by atoms with E-state index in [4.69, 9.17) is 40.4 Å². The number of hydrogen-bond donors (Lipinski definition) is 3. The summed E-state index contributed by atoms with van der Waals surface area (Å²) in [5.41, 5.74) is 20.8. The second kappa shape index (κ2) is 8.88. The molecule has 8 nitrogen and oxygen atoms in total. The van der Waals surface area contributed by atoms with Gasteiger partial charge in [0.25, 0.3) is 5.91 Å². The van der Waals surface area contributed by atoms with Gasteiger partial charge in [0, 0.05) is 35.9 Å². The quantitative estimate of drug-likeness (QED) is 0.476. The number of pyridine rings is 1. The maximum Gasteiger partial charge on any atom is 0.271 e. The van der Waals surface area contributed by atoms with E-state index in [-0.39, 0.29) is 23.0 Å². The number of aromatic nitrogens is 3. The van der Waals surface area contributed by atoms with Crippen LogP contribution >= 0.6 is 35.0 Å². The lowest BCUT2D eigenvalue weighted by atomic mass is 9.73. The van der Waals surface area contributed by atoms with Crippen molar-refractivity contribution in [3.8, 4) is 0 Å². The Kier molecular flexibility index (Phi) is 6.05. The predicted octanol–water partition coefficient (Wildman–Crippen LogP) is 3.85. The van der Waals surface area contributed by atoms with Crippen LogP contribution in [0.15, 0.2) is 46.5 Å². The molecule has 1 spiro atoms. The minimum Gasteiger partial charge on any atom is -0.381 e. The van der Waals surface area contributed by atoms with E-state index in [1.54, 1.807) is 18.2 Å². The number of halogens is 2. The van der Waals surface area contributed by atoms with Crippen molar-refractivity contribution >= 4 is 52.5 Å². The number of amides is 1. The van der Waals surface area contributed by atoms with Gasteiger partial charge in [-0.2, -0.15) is 0 Å². The minimum absolute atomic E-state index is 0.0574. The van der Waals surface area contributed by atoms with E-state index in [1.807, 2.05) is 17.2 Å². The molecule has 0 radical (unpaired) electrons. The summed E-state index contributed by atoms with van der Waals surface area (Å²) < 4.78 is 0. The van der Waals surface area contributed by atoms with Gasteiger partial charge in [0.1, 0.15) is 5.03 Å². The summed E-state index contributed by atoms with van der Waals surface area (Å²) in [5, 5.41) is 1.13. The smallest absolute Gasteiger partial charge is 0.271 e. The van der Waals surface area contributed by atoms with Gasteiger partial charge < -0.3 is 22.1 Å². The van der Waals surface area contributed by atoms with Crippen LogP contribution in [0.1, 0.15) is 40.6 Å². The zero-order valence-corrected chi connectivity index (χ0v) is 20.5. The minimum atomic E-state index is -0.670. The molecular formula is C23H23Cl2N7OS. The zero-order valence-electron chi connectivity index (χ0n) is 18.2. The number of piperidine rings is 1. The normalized spacial score (nSPS) is 18.8. The average Bonchev–Trinajstić information content (AvgIpc) is 3.09. The zero-order chi connectivity index (χ0) is 24.0. The van der Waals surface area contributed by atoms with E-state index in [0.717, 1.165) is 30.5 Å². The highest BCUT2D eigenvalue weighted by atomic mass is 35.5. The molecule has 1 saturated heterocycles. The van der Waals surface area contributed by atoms with E-state index in [9.17, 15) is 4.79 Å². The molecule has 1 fully saturated rings. The third kappa shape index (κ3) is 3.96. The second-order valence-electron chi connectivity index (χ2n) is 8.65. The Morgan fingerprint density at radius 3 is 2.62 bits per heavy atom. The Labute approximate surface area is 211 Å². The van der Waals surface area contributed by atoms with Crippen molar-refractivity contribution in [3.05, 3.63) is 63.5 Å². The molecule has 1 aliphatic heterocycles. The van der Waals surface area contributed by atoms with E-state index >= 15 is 0 Å². The first-order chi connectivity index (χ1) is 16.3. The van der Waals surface area contributed by atoms with Crippen molar-refractivity contribution in [3.63, 3.8) is 0 Å². The molecule has 0 unspecified atom stereocenters. The molecule has 34 heavy (non-hydrogen) atoms. The fourth-order valence-corrected chi connectivity index (χ4v) is 6.17. The van der Waals surface area contributed by atoms with Crippen LogP contribution < -0.4 is 22.1 Å². The number of nitrogens with two attached hydrogens (primary N) is 3. The van der Waals surface area contributed by atoms with Gasteiger partial charge in [0.2, 0.25) is 0 Å². The molecule has 0 saturated carbocycles. The van der Waals surface area contributed by atoms with Crippen LogP contribution in [0.2, 0.25) is 10.0 Å². The van der Waals surface area contributed by atoms with Crippen molar-refractivity contribution in [2.45, 2.75) is 35.2 Å². The van der Waals surface area contributed by atoms with Crippen molar-refractivity contribution < 1.29 is 4.79 Å². The molecule has 1 amide bonds. The molecule has 11 heteroatoms. The first-order valence-electron chi connectivity index (χ1n) is 10.8. The molecule has 1 aromatic carbocycles. The summed E-state index contributed by atoms with van der Waals surface area (Å²) in [5.74, 6) is -0.0879. The van der Waals surface area contributed by atoms with Crippen molar-refractivity contribution in [2.75, 3.05) is 23.7 Å². The summed E-state index contributed by atoms with van der Waals surface area (Å²) in [7, 11) is 0. The van der Waals surface area contributed by atoms with Crippen LogP contribution in [0.25, 0.3) is 0 Å². The van der Waals surface area contributed by atoms with Gasteiger partial charge in [-0.15, -0.1) is 0 Å². The Morgan fingerprint density at radius 2 is 1.91 bits per heavy atom. The number of carbonyl (C=O) groups excluding carboxylic acids is 1. The molecule has 0 bridgehead atoms. The summed E-state index contributed by atoms with van der Waals surface area (Å²) in [6.45, 7) is 1.31. The number of carbonyl (C=O) groups is 1. The lowest BCUT2D eigenvalue weighted by Crippen LogP contribution is -2.45. The number of nitrogens with zero attached hydrogens (tertiary/aromatic N) is 4. The van der Waals surface area contributed by atoms with Crippen LogP contribution in [0.3, 0.4) is 0 Å². The molecule has 6 N–H and O–H groups in total. The SMILES string of the molecule is NC(=O)c1nc(Sc2cccc(Cl)c2Cl)c(N)nc1N1CCC2(CC1)Cc1ncccc1[C@H]2N. The summed E-state index contributed by atoms with van der Waals surface area (Å²) in [4.78, 5) is 28.5. The summed E-state index contributed by atoms with van der Waals surface area (Å²) >= 11 is 13.6. The first-order valence-corrected chi connectivity index (χ1v) is 12.4. The van der Waals surface area contributed by atoms with Gasteiger partial charge in [-0.05, 0) is 48.4 Å². The lowest BCUT2D eigenvalue weighted by Gasteiger charge is -2.42. The average molecular weight is 516 g/mol. The number of hydrogen-bond acceptors (Lipinski definition) is 8. The first kappa shape index (κ1) is 23.2. The van der Waals surface area contributed by atoms with Crippen molar-refractivity contribution in [1.29, 1.82) is 0 Å². The number of fused-ring (bicyclic) bond motifs is 1. The molecule has 3 aromatic rings. The highest BCUT2D eigenvalue weighted by Crippen LogP contribution is 2.50. The highest BCUT2D eigenvalue weighted by molar-refractivity contribution is 7.99. The maximum absolute atomic E-state index is 12.3. The molecule has 176 valence electrons. The van der Waals surface area contributed by atoms with Crippen molar-refractivity contribution in [2.24, 2.45) is 16.9 Å². The number of rotatable bonds is 4. The highest BCUT2D eigenvalue weighted by Gasteiger charge is 2.47. The van der Waals surface area contributed by atoms with Crippen molar-refractivity contribution in [1.82, 2.24) is 15.0 Å². The maximum atomic E-state index is 12.3. The van der Waals surface area contributed by atoms with Crippen LogP contribution in [0, 0.1) is 5.41 Å². The van der Waals surface area contributed by atoms with Gasteiger partial charge in [-0.1, -0.05) is 47.1 Å². The van der Waals surface area contributed by atoms with Crippen LogP contribution in [0.4, 0.5) is 11.6 Å². The van der Waals surface area contributed by atoms with Crippen LogP contribution in [-0.4, -0.2) is 33.9 Å². The van der Waals surface area contributed by atoms with E-state index in [0.29, 0.717) is 38.9 Å². The molecule has 5 rings (SSSR count). The Morgan fingerprint density at radius 1 is 1.15 bits per heavy atom. The van der Waals surface area contributed by atoms with Gasteiger partial charge in [0.15, 0.2) is 17.3 Å². The third-order valence-corrected chi connectivity index (χ3v) is 8.71. The fourth-order valence-electron chi connectivity index (χ4n) is 4.86. The predicted molar refractivity (Wildman–Crippen MR) is 134 cm³/mol.